The first-order valence-electron chi connectivity index (χ1n) is 8.65. The zero-order valence-electron chi connectivity index (χ0n) is 15.0. The molecule has 27 heavy (non-hydrogen) atoms. The van der Waals surface area contributed by atoms with Gasteiger partial charge in [-0.1, -0.05) is 6.92 Å². The molecule has 1 aliphatic rings. The molecule has 0 radical (unpaired) electrons. The number of non-ortho nitro benzene ring substituents is 1. The number of carbonyl (C=O) groups is 1. The molecule has 1 N–H and O–H groups in total. The summed E-state index contributed by atoms with van der Waals surface area (Å²) < 4.78 is 5.56. The van der Waals surface area contributed by atoms with Crippen LogP contribution in [0, 0.1) is 27.4 Å². The van der Waals surface area contributed by atoms with Crippen molar-refractivity contribution in [1.29, 1.82) is 5.26 Å². The van der Waals surface area contributed by atoms with Crippen molar-refractivity contribution in [3.8, 4) is 11.8 Å². The fourth-order valence-electron chi connectivity index (χ4n) is 3.07. The number of benzene rings is 1. The maximum absolute atomic E-state index is 12.5. The Bertz CT molecular complexity index is 914. The van der Waals surface area contributed by atoms with E-state index < -0.39 is 11.0 Å². The van der Waals surface area contributed by atoms with Crippen LogP contribution in [-0.4, -0.2) is 16.9 Å². The Kier molecular flexibility index (Phi) is 5.42. The van der Waals surface area contributed by atoms with Gasteiger partial charge in [0.05, 0.1) is 10.5 Å². The molecule has 1 amide bonds. The molecule has 2 aromatic rings. The van der Waals surface area contributed by atoms with Crippen molar-refractivity contribution < 1.29 is 14.5 Å². The number of rotatable bonds is 5. The second-order valence-corrected chi connectivity index (χ2v) is 7.77. The number of nitro benzene ring substituents is 1. The first-order chi connectivity index (χ1) is 12.9. The van der Waals surface area contributed by atoms with Gasteiger partial charge in [-0.25, -0.2) is 0 Å². The van der Waals surface area contributed by atoms with Crippen LogP contribution in [0.5, 0.6) is 5.75 Å². The minimum atomic E-state index is -0.809. The lowest BCUT2D eigenvalue weighted by atomic mass is 9.88. The van der Waals surface area contributed by atoms with Gasteiger partial charge >= 0.3 is 0 Å². The van der Waals surface area contributed by atoms with Crippen LogP contribution in [0.3, 0.4) is 0 Å². The molecule has 3 rings (SSSR count). The van der Waals surface area contributed by atoms with E-state index in [1.54, 1.807) is 6.92 Å². The molecule has 8 heteroatoms. The third-order valence-corrected chi connectivity index (χ3v) is 5.76. The number of nitro groups is 1. The van der Waals surface area contributed by atoms with E-state index in [0.29, 0.717) is 22.2 Å². The Balaban J connectivity index is 1.70. The van der Waals surface area contributed by atoms with Gasteiger partial charge in [0.25, 0.3) is 11.6 Å². The minimum Gasteiger partial charge on any atom is -0.481 e. The molecule has 0 bridgehead atoms. The van der Waals surface area contributed by atoms with Crippen molar-refractivity contribution in [3.05, 3.63) is 50.4 Å². The van der Waals surface area contributed by atoms with Crippen LogP contribution >= 0.6 is 11.3 Å². The lowest BCUT2D eigenvalue weighted by Crippen LogP contribution is -2.30. The van der Waals surface area contributed by atoms with E-state index in [9.17, 15) is 20.2 Å². The highest BCUT2D eigenvalue weighted by molar-refractivity contribution is 7.16. The number of ether oxygens (including phenoxy) is 1. The predicted octanol–water partition coefficient (Wildman–Crippen LogP) is 4.06. The molecule has 0 spiro atoms. The van der Waals surface area contributed by atoms with E-state index in [4.69, 9.17) is 4.74 Å². The summed E-state index contributed by atoms with van der Waals surface area (Å²) in [6.07, 6.45) is 2.03. The van der Waals surface area contributed by atoms with Crippen LogP contribution in [0.1, 0.15) is 36.3 Å². The van der Waals surface area contributed by atoms with Gasteiger partial charge in [0.2, 0.25) is 0 Å². The quantitative estimate of drug-likeness (QED) is 0.617. The van der Waals surface area contributed by atoms with Crippen LogP contribution in [0.4, 0.5) is 10.7 Å². The lowest BCUT2D eigenvalue weighted by molar-refractivity contribution is -0.384. The normalized spacial score (nSPS) is 16.7. The van der Waals surface area contributed by atoms with Crippen molar-refractivity contribution >= 4 is 27.9 Å². The number of thiophene rings is 1. The molecule has 0 saturated carbocycles. The average Bonchev–Trinajstić information content (AvgIpc) is 2.97. The predicted molar refractivity (Wildman–Crippen MR) is 102 cm³/mol. The van der Waals surface area contributed by atoms with Crippen molar-refractivity contribution in [2.45, 2.75) is 39.2 Å². The highest BCUT2D eigenvalue weighted by Crippen LogP contribution is 2.39. The third kappa shape index (κ3) is 4.09. The van der Waals surface area contributed by atoms with E-state index in [-0.39, 0.29) is 11.6 Å². The molecular weight excluding hydrogens is 366 g/mol. The Morgan fingerprint density at radius 3 is 2.78 bits per heavy atom. The summed E-state index contributed by atoms with van der Waals surface area (Å²) in [6, 6.07) is 7.77. The van der Waals surface area contributed by atoms with Crippen LogP contribution in [0.15, 0.2) is 24.3 Å². The highest BCUT2D eigenvalue weighted by atomic mass is 32.1. The van der Waals surface area contributed by atoms with E-state index in [1.165, 1.54) is 40.5 Å². The number of nitrogens with one attached hydrogen (secondary N) is 1. The number of amides is 1. The Morgan fingerprint density at radius 1 is 1.44 bits per heavy atom. The standard InChI is InChI=1S/C19H19N3O4S/c1-11-3-8-15-16(10-20)19(27-17(15)9-11)21-18(23)12(2)26-14-6-4-13(5-7-14)22(24)25/h4-7,11-12H,3,8-9H2,1-2H3,(H,21,23)/t11-,12+/m0/s1. The summed E-state index contributed by atoms with van der Waals surface area (Å²) in [5.41, 5.74) is 1.56. The molecule has 1 aromatic carbocycles. The summed E-state index contributed by atoms with van der Waals surface area (Å²) in [5.74, 6) is 0.579. The molecule has 2 atom stereocenters. The van der Waals surface area contributed by atoms with Crippen LogP contribution in [0.2, 0.25) is 0 Å². The second-order valence-electron chi connectivity index (χ2n) is 6.67. The van der Waals surface area contributed by atoms with Crippen molar-refractivity contribution in [2.24, 2.45) is 5.92 Å². The van der Waals surface area contributed by atoms with Crippen LogP contribution in [-0.2, 0) is 17.6 Å². The maximum atomic E-state index is 12.5. The van der Waals surface area contributed by atoms with Gasteiger partial charge in [-0.15, -0.1) is 11.3 Å². The smallest absolute Gasteiger partial charge is 0.269 e. The number of carbonyl (C=O) groups excluding carboxylic acids is 1. The molecule has 7 nitrogen and oxygen atoms in total. The zero-order chi connectivity index (χ0) is 19.6. The van der Waals surface area contributed by atoms with Crippen molar-refractivity contribution in [1.82, 2.24) is 0 Å². The van der Waals surface area contributed by atoms with E-state index >= 15 is 0 Å². The molecule has 1 aromatic heterocycles. The molecule has 1 aliphatic carbocycles. The van der Waals surface area contributed by atoms with Crippen molar-refractivity contribution in [2.75, 3.05) is 5.32 Å². The Labute approximate surface area is 160 Å². The molecule has 0 unspecified atom stereocenters. The molecule has 0 aliphatic heterocycles. The molecule has 0 saturated heterocycles. The Hall–Kier alpha value is -2.92. The van der Waals surface area contributed by atoms with Crippen LogP contribution in [0.25, 0.3) is 0 Å². The SMILES string of the molecule is C[C@H]1CCc2c(sc(NC(=O)[C@@H](C)Oc3ccc([N+](=O)[O-])cc3)c2C#N)C1. The van der Waals surface area contributed by atoms with Gasteiger partial charge in [-0.05, 0) is 49.8 Å². The zero-order valence-corrected chi connectivity index (χ0v) is 15.8. The number of hydrogen-bond acceptors (Lipinski definition) is 6. The molecule has 1 heterocycles. The monoisotopic (exact) mass is 385 g/mol. The maximum Gasteiger partial charge on any atom is 0.269 e. The molecule has 0 fully saturated rings. The summed E-state index contributed by atoms with van der Waals surface area (Å²) in [4.78, 5) is 23.8. The summed E-state index contributed by atoms with van der Waals surface area (Å²) in [5, 5.41) is 23.6. The van der Waals surface area contributed by atoms with Gasteiger partial charge in [-0.3, -0.25) is 14.9 Å². The number of anilines is 1. The lowest BCUT2D eigenvalue weighted by Gasteiger charge is -2.17. The molecular formula is C19H19N3O4S. The van der Waals surface area contributed by atoms with Gasteiger partial charge in [0.15, 0.2) is 6.10 Å². The van der Waals surface area contributed by atoms with Gasteiger partial charge < -0.3 is 10.1 Å². The Morgan fingerprint density at radius 2 is 2.15 bits per heavy atom. The number of nitrogens with zero attached hydrogens (tertiary/aromatic N) is 2. The summed E-state index contributed by atoms with van der Waals surface area (Å²) in [6.45, 7) is 3.78. The fraction of sp³-hybridized carbons (Fsp3) is 0.368. The van der Waals surface area contributed by atoms with E-state index in [1.807, 2.05) is 0 Å². The number of fused-ring (bicyclic) bond motifs is 1. The largest absolute Gasteiger partial charge is 0.481 e. The third-order valence-electron chi connectivity index (χ3n) is 4.59. The molecule has 140 valence electrons. The first-order valence-corrected chi connectivity index (χ1v) is 9.47. The van der Waals surface area contributed by atoms with Crippen molar-refractivity contribution in [3.63, 3.8) is 0 Å². The van der Waals surface area contributed by atoms with E-state index in [0.717, 1.165) is 24.8 Å². The van der Waals surface area contributed by atoms with Gasteiger partial charge in [-0.2, -0.15) is 5.26 Å². The number of nitriles is 1. The highest BCUT2D eigenvalue weighted by Gasteiger charge is 2.26. The first kappa shape index (κ1) is 18.9. The minimum absolute atomic E-state index is 0.0449. The summed E-state index contributed by atoms with van der Waals surface area (Å²) >= 11 is 1.46. The second kappa shape index (κ2) is 7.76. The average molecular weight is 385 g/mol. The van der Waals surface area contributed by atoms with Gasteiger partial charge in [0, 0.05) is 17.0 Å². The van der Waals surface area contributed by atoms with E-state index in [2.05, 4.69) is 18.3 Å². The van der Waals surface area contributed by atoms with Crippen LogP contribution < -0.4 is 10.1 Å². The van der Waals surface area contributed by atoms with Gasteiger partial charge in [0.1, 0.15) is 16.8 Å². The topological polar surface area (TPSA) is 105 Å². The summed E-state index contributed by atoms with van der Waals surface area (Å²) in [7, 11) is 0. The fourth-order valence-corrected chi connectivity index (χ4v) is 4.44. The number of hydrogen-bond donors (Lipinski definition) is 1.